The van der Waals surface area contributed by atoms with E-state index in [1.165, 1.54) is 12.1 Å². The lowest BCUT2D eigenvalue weighted by Crippen LogP contribution is -2.04. The maximum absolute atomic E-state index is 12.7. The summed E-state index contributed by atoms with van der Waals surface area (Å²) < 4.78 is 55.0. The van der Waals surface area contributed by atoms with Crippen LogP contribution in [0.4, 0.5) is 24.5 Å². The molecule has 0 spiro atoms. The second-order valence-corrected chi connectivity index (χ2v) is 7.01. The molecular weight excluding hydrogens is 396 g/mol. The van der Waals surface area contributed by atoms with Gasteiger partial charge < -0.3 is 4.74 Å². The van der Waals surface area contributed by atoms with E-state index in [2.05, 4.69) is 5.09 Å². The summed E-state index contributed by atoms with van der Waals surface area (Å²) in [6.45, 7) is 1.64. The van der Waals surface area contributed by atoms with Gasteiger partial charge in [0.1, 0.15) is 11.5 Å². The number of nitro groups is 1. The second-order valence-electron chi connectivity index (χ2n) is 4.99. The molecule has 0 saturated carbocycles. The molecule has 0 aliphatic heterocycles. The van der Waals surface area contributed by atoms with Crippen molar-refractivity contribution < 1.29 is 27.4 Å². The van der Waals surface area contributed by atoms with E-state index in [0.717, 1.165) is 24.3 Å². The van der Waals surface area contributed by atoms with Crippen molar-refractivity contribution in [1.29, 1.82) is 0 Å². The number of anilines is 1. The zero-order chi connectivity index (χ0) is 19.5. The molecule has 0 aliphatic carbocycles. The lowest BCUT2D eigenvalue weighted by atomic mass is 10.2. The number of nitrogens with zero attached hydrogens (tertiary/aromatic N) is 1. The molecule has 1 N–H and O–H groups in total. The van der Waals surface area contributed by atoms with Crippen LogP contribution in [0.1, 0.15) is 12.5 Å². The minimum Gasteiger partial charge on any atom is -0.456 e. The van der Waals surface area contributed by atoms with Gasteiger partial charge in [0, 0.05) is 12.1 Å². The van der Waals surface area contributed by atoms with Crippen LogP contribution >= 0.6 is 19.6 Å². The van der Waals surface area contributed by atoms with E-state index in [-0.39, 0.29) is 34.1 Å². The van der Waals surface area contributed by atoms with Gasteiger partial charge in [-0.15, -0.1) is 0 Å². The van der Waals surface area contributed by atoms with E-state index in [0.29, 0.717) is 0 Å². The largest absolute Gasteiger partial charge is 0.459 e. The lowest BCUT2D eigenvalue weighted by molar-refractivity contribution is -0.383. The smallest absolute Gasteiger partial charge is 0.456 e. The van der Waals surface area contributed by atoms with Crippen molar-refractivity contribution in [1.82, 2.24) is 0 Å². The van der Waals surface area contributed by atoms with Gasteiger partial charge >= 0.3 is 14.1 Å². The van der Waals surface area contributed by atoms with Gasteiger partial charge in [-0.3, -0.25) is 10.1 Å². The summed E-state index contributed by atoms with van der Waals surface area (Å²) in [6.07, 6.45) is -4.29. The van der Waals surface area contributed by atoms with Crippen LogP contribution in [0.5, 0.6) is 11.5 Å². The minimum absolute atomic E-state index is 0.0292. The van der Waals surface area contributed by atoms with Crippen molar-refractivity contribution in [3.63, 3.8) is 0 Å². The van der Waals surface area contributed by atoms with E-state index in [1.54, 1.807) is 6.92 Å². The quantitative estimate of drug-likeness (QED) is 0.348. The highest BCUT2D eigenvalue weighted by molar-refractivity contribution is 7.46. The van der Waals surface area contributed by atoms with Crippen LogP contribution in [0.15, 0.2) is 36.4 Å². The van der Waals surface area contributed by atoms with Crippen LogP contribution in [0.2, 0.25) is 5.02 Å². The van der Waals surface area contributed by atoms with E-state index in [4.69, 9.17) is 16.3 Å². The predicted octanol–water partition coefficient (Wildman–Crippen LogP) is 6.23. The molecule has 26 heavy (non-hydrogen) atoms. The summed E-state index contributed by atoms with van der Waals surface area (Å²) in [5, 5.41) is 13.3. The highest BCUT2D eigenvalue weighted by Crippen LogP contribution is 2.39. The first-order valence-corrected chi connectivity index (χ1v) is 8.98. The fourth-order valence-electron chi connectivity index (χ4n) is 1.93. The monoisotopic (exact) mass is 407 g/mol. The number of hydrogen-bond donors (Lipinski definition) is 1. The minimum atomic E-state index is -4.54. The second kappa shape index (κ2) is 7.88. The van der Waals surface area contributed by atoms with Crippen LogP contribution in [0.25, 0.3) is 0 Å². The van der Waals surface area contributed by atoms with Gasteiger partial charge in [-0.25, -0.2) is 0 Å². The average molecular weight is 408 g/mol. The maximum Gasteiger partial charge on any atom is 0.459 e. The third kappa shape index (κ3) is 4.83. The highest BCUT2D eigenvalue weighted by Gasteiger charge is 2.31. The Morgan fingerprint density at radius 2 is 1.96 bits per heavy atom. The molecule has 2 aromatic carbocycles. The van der Waals surface area contributed by atoms with Crippen LogP contribution in [-0.2, 0) is 10.7 Å². The Balaban J connectivity index is 2.33. The number of nitro benzene ring substituents is 1. The Morgan fingerprint density at radius 3 is 2.50 bits per heavy atom. The molecule has 0 fully saturated rings. The number of ether oxygens (including phenoxy) is 1. The third-order valence-electron chi connectivity index (χ3n) is 3.18. The molecular formula is C15H12ClF3N2O4P+. The van der Waals surface area contributed by atoms with Crippen LogP contribution in [0.3, 0.4) is 0 Å². The third-order valence-corrected chi connectivity index (χ3v) is 4.54. The molecule has 6 nitrogen and oxygen atoms in total. The normalized spacial score (nSPS) is 11.8. The summed E-state index contributed by atoms with van der Waals surface area (Å²) in [4.78, 5) is 10.4. The summed E-state index contributed by atoms with van der Waals surface area (Å²) in [5.74, 6) is 0.0265. The van der Waals surface area contributed by atoms with Gasteiger partial charge in [0.15, 0.2) is 11.8 Å². The molecule has 0 heterocycles. The molecule has 0 bridgehead atoms. The van der Waals surface area contributed by atoms with Crippen LogP contribution in [-0.4, -0.2) is 11.1 Å². The first-order chi connectivity index (χ1) is 12.1. The molecule has 138 valence electrons. The Labute approximate surface area is 151 Å². The Morgan fingerprint density at radius 1 is 1.27 bits per heavy atom. The number of nitrogens with one attached hydrogen (secondary N) is 1. The van der Waals surface area contributed by atoms with Gasteiger partial charge in [0.2, 0.25) is 0 Å². The zero-order valence-corrected chi connectivity index (χ0v) is 14.9. The van der Waals surface area contributed by atoms with E-state index < -0.39 is 24.6 Å². The zero-order valence-electron chi connectivity index (χ0n) is 13.2. The number of alkyl halides is 3. The van der Waals surface area contributed by atoms with Crippen molar-refractivity contribution in [3.05, 3.63) is 57.1 Å². The molecule has 2 rings (SSSR count). The molecule has 0 amide bonds. The first kappa shape index (κ1) is 19.9. The molecule has 2 aromatic rings. The fourth-order valence-corrected chi connectivity index (χ4v) is 2.75. The van der Waals surface area contributed by atoms with Crippen LogP contribution < -0.4 is 9.82 Å². The highest BCUT2D eigenvalue weighted by atomic mass is 35.5. The maximum atomic E-state index is 12.7. The van der Waals surface area contributed by atoms with Gasteiger partial charge in [-0.2, -0.15) is 18.3 Å². The topological polar surface area (TPSA) is 81.5 Å². The van der Waals surface area contributed by atoms with Crippen molar-refractivity contribution in [2.24, 2.45) is 0 Å². The Bertz CT molecular complexity index is 861. The van der Waals surface area contributed by atoms with Gasteiger partial charge in [-0.1, -0.05) is 11.6 Å². The average Bonchev–Trinajstić information content (AvgIpc) is 2.55. The molecule has 1 atom stereocenters. The van der Waals surface area contributed by atoms with E-state index in [1.807, 2.05) is 0 Å². The van der Waals surface area contributed by atoms with Crippen LogP contribution in [0, 0.1) is 10.1 Å². The summed E-state index contributed by atoms with van der Waals surface area (Å²) in [6, 6.07) is 6.20. The molecule has 1 unspecified atom stereocenters. The van der Waals surface area contributed by atoms with Gasteiger partial charge in [0.05, 0.1) is 15.5 Å². The summed E-state index contributed by atoms with van der Waals surface area (Å²) in [7, 11) is -1.90. The Hall–Kier alpha value is -2.38. The Kier molecular flexibility index (Phi) is 6.05. The van der Waals surface area contributed by atoms with Gasteiger partial charge in [-0.05, 0) is 35.8 Å². The number of rotatable bonds is 6. The predicted molar refractivity (Wildman–Crippen MR) is 91.4 cm³/mol. The lowest BCUT2D eigenvalue weighted by Gasteiger charge is -2.11. The van der Waals surface area contributed by atoms with Gasteiger partial charge in [0.25, 0.3) is 5.69 Å². The van der Waals surface area contributed by atoms with Crippen molar-refractivity contribution in [2.75, 3.05) is 11.2 Å². The molecule has 0 aromatic heterocycles. The number of hydrogen-bond acceptors (Lipinski definition) is 4. The molecule has 0 saturated heterocycles. The molecule has 0 radical (unpaired) electrons. The first-order valence-electron chi connectivity index (χ1n) is 7.16. The van der Waals surface area contributed by atoms with Crippen molar-refractivity contribution in [2.45, 2.75) is 13.1 Å². The SMILES string of the molecule is CC[P+](=O)Nc1cc(Oc2ccc(C(F)(F)F)cc2Cl)ccc1[N+](=O)[O-]. The van der Waals surface area contributed by atoms with Crippen molar-refractivity contribution >= 4 is 30.9 Å². The summed E-state index contributed by atoms with van der Waals surface area (Å²) in [5.41, 5.74) is -1.27. The molecule has 11 heteroatoms. The fraction of sp³-hybridized carbons (Fsp3) is 0.200. The molecule has 0 aliphatic rings. The number of halogens is 4. The van der Waals surface area contributed by atoms with E-state index in [9.17, 15) is 27.9 Å². The summed E-state index contributed by atoms with van der Waals surface area (Å²) >= 11 is 5.82. The van der Waals surface area contributed by atoms with E-state index >= 15 is 0 Å². The number of benzene rings is 2. The standard InChI is InChI=1S/C15H12ClF3N2O4P/c1-2-26(24)20-12-8-10(4-5-13(12)21(22)23)25-14-6-3-9(7-11(14)16)15(17,18)19/h3-8H,2H2,1H3,(H,20,24)/q+1. The van der Waals surface area contributed by atoms with Crippen molar-refractivity contribution in [3.8, 4) is 11.5 Å².